The number of hydrogen-bond donors (Lipinski definition) is 2. The van der Waals surface area contributed by atoms with Gasteiger partial charge in [0.25, 0.3) is 11.8 Å². The maximum absolute atomic E-state index is 12.8. The van der Waals surface area contributed by atoms with Crippen LogP contribution in [0.5, 0.6) is 5.75 Å². The van der Waals surface area contributed by atoms with Crippen LogP contribution in [0.2, 0.25) is 0 Å². The van der Waals surface area contributed by atoms with E-state index in [-0.39, 0.29) is 33.0 Å². The third-order valence-corrected chi connectivity index (χ3v) is 5.06. The summed E-state index contributed by atoms with van der Waals surface area (Å²) in [6.45, 7) is 11.2. The molecule has 2 N–H and O–H groups in total. The SMILES string of the molecule is CC(C)(C)OC(=O)Nc1cc(OSC(C)(C)C)ccc1C(=N)N1C(=O)c2ccccc2C1=O. The van der Waals surface area contributed by atoms with Gasteiger partial charge in [-0.25, -0.2) is 9.69 Å². The van der Waals surface area contributed by atoms with E-state index in [0.717, 1.165) is 4.90 Å². The van der Waals surface area contributed by atoms with Crippen LogP contribution < -0.4 is 9.50 Å². The van der Waals surface area contributed by atoms with Gasteiger partial charge in [-0.2, -0.15) is 0 Å². The summed E-state index contributed by atoms with van der Waals surface area (Å²) in [5.74, 6) is -1.11. The van der Waals surface area contributed by atoms with E-state index in [1.807, 2.05) is 20.8 Å². The maximum Gasteiger partial charge on any atom is 0.412 e. The fraction of sp³-hybridized carbons (Fsp3) is 0.333. The van der Waals surface area contributed by atoms with E-state index >= 15 is 0 Å². The highest BCUT2D eigenvalue weighted by molar-refractivity contribution is 7.96. The molecule has 0 aliphatic carbocycles. The molecule has 3 amide bonds. The molecular formula is C24H27N3O5S. The molecule has 0 radical (unpaired) electrons. The molecule has 3 rings (SSSR count). The van der Waals surface area contributed by atoms with Crippen LogP contribution in [0.1, 0.15) is 67.8 Å². The van der Waals surface area contributed by atoms with Crippen LogP contribution >= 0.6 is 12.0 Å². The third-order valence-electron chi connectivity index (χ3n) is 4.29. The monoisotopic (exact) mass is 469 g/mol. The van der Waals surface area contributed by atoms with E-state index in [2.05, 4.69) is 5.32 Å². The first-order valence-electron chi connectivity index (χ1n) is 10.3. The van der Waals surface area contributed by atoms with Crippen LogP contribution in [0.3, 0.4) is 0 Å². The van der Waals surface area contributed by atoms with Crippen molar-refractivity contribution in [3.63, 3.8) is 0 Å². The Morgan fingerprint density at radius 1 is 0.970 bits per heavy atom. The summed E-state index contributed by atoms with van der Waals surface area (Å²) in [7, 11) is 0. The quantitative estimate of drug-likeness (QED) is 0.266. The number of carbonyl (C=O) groups excluding carboxylic acids is 3. The second kappa shape index (κ2) is 8.90. The van der Waals surface area contributed by atoms with Gasteiger partial charge in [-0.05, 0) is 65.8 Å². The van der Waals surface area contributed by atoms with Crippen LogP contribution in [0.25, 0.3) is 0 Å². The predicted molar refractivity (Wildman–Crippen MR) is 128 cm³/mol. The smallest absolute Gasteiger partial charge is 0.412 e. The highest BCUT2D eigenvalue weighted by atomic mass is 32.2. The zero-order chi connectivity index (χ0) is 24.6. The lowest BCUT2D eigenvalue weighted by molar-refractivity contribution is 0.0635. The zero-order valence-corrected chi connectivity index (χ0v) is 20.3. The molecule has 0 aromatic heterocycles. The van der Waals surface area contributed by atoms with Crippen LogP contribution in [0.15, 0.2) is 42.5 Å². The number of fused-ring (bicyclic) bond motifs is 1. The molecule has 8 nitrogen and oxygen atoms in total. The van der Waals surface area contributed by atoms with Crippen LogP contribution in [-0.4, -0.2) is 39.0 Å². The van der Waals surface area contributed by atoms with Gasteiger partial charge in [0.05, 0.1) is 28.9 Å². The Kier molecular flexibility index (Phi) is 6.56. The first-order valence-corrected chi connectivity index (χ1v) is 11.1. The molecule has 2 aromatic carbocycles. The summed E-state index contributed by atoms with van der Waals surface area (Å²) in [5.41, 5.74) is 0.0726. The minimum absolute atomic E-state index is 0.170. The number of amides is 3. The van der Waals surface area contributed by atoms with Gasteiger partial charge in [0, 0.05) is 16.4 Å². The van der Waals surface area contributed by atoms with Crippen molar-refractivity contribution in [3.05, 3.63) is 59.2 Å². The number of carbonyl (C=O) groups is 3. The number of nitrogens with zero attached hydrogens (tertiary/aromatic N) is 1. The van der Waals surface area contributed by atoms with Gasteiger partial charge in [0.2, 0.25) is 0 Å². The molecule has 1 aliphatic rings. The van der Waals surface area contributed by atoms with Gasteiger partial charge in [0.15, 0.2) is 0 Å². The second-order valence-corrected chi connectivity index (χ2v) is 11.0. The number of nitrogens with one attached hydrogen (secondary N) is 2. The summed E-state index contributed by atoms with van der Waals surface area (Å²) < 4.78 is 10.9. The minimum atomic E-state index is -0.740. The van der Waals surface area contributed by atoms with Crippen molar-refractivity contribution in [2.24, 2.45) is 0 Å². The number of hydrogen-bond acceptors (Lipinski definition) is 7. The van der Waals surface area contributed by atoms with E-state index < -0.39 is 23.5 Å². The predicted octanol–water partition coefficient (Wildman–Crippen LogP) is 5.48. The number of imide groups is 1. The molecule has 1 aliphatic heterocycles. The Bertz CT molecular complexity index is 1100. The molecule has 9 heteroatoms. The van der Waals surface area contributed by atoms with E-state index in [1.165, 1.54) is 24.2 Å². The number of benzene rings is 2. The van der Waals surface area contributed by atoms with Crippen molar-refractivity contribution < 1.29 is 23.3 Å². The molecule has 0 spiro atoms. The molecule has 0 fully saturated rings. The van der Waals surface area contributed by atoms with Crippen molar-refractivity contribution in [2.45, 2.75) is 51.9 Å². The number of anilines is 1. The van der Waals surface area contributed by atoms with Crippen molar-refractivity contribution in [2.75, 3.05) is 5.32 Å². The molecule has 2 aromatic rings. The van der Waals surface area contributed by atoms with Crippen molar-refractivity contribution in [3.8, 4) is 5.75 Å². The lowest BCUT2D eigenvalue weighted by Crippen LogP contribution is -2.37. The summed E-state index contributed by atoms with van der Waals surface area (Å²) in [5, 5.41) is 11.3. The Morgan fingerprint density at radius 2 is 1.55 bits per heavy atom. The fourth-order valence-electron chi connectivity index (χ4n) is 2.98. The van der Waals surface area contributed by atoms with E-state index in [0.29, 0.717) is 5.75 Å². The first-order chi connectivity index (χ1) is 15.3. The average molecular weight is 470 g/mol. The third kappa shape index (κ3) is 5.73. The molecule has 0 unspecified atom stereocenters. The van der Waals surface area contributed by atoms with Gasteiger partial charge in [-0.3, -0.25) is 20.3 Å². The molecule has 0 atom stereocenters. The largest absolute Gasteiger partial charge is 0.444 e. The van der Waals surface area contributed by atoms with Crippen molar-refractivity contribution in [1.29, 1.82) is 5.41 Å². The zero-order valence-electron chi connectivity index (χ0n) is 19.4. The van der Waals surface area contributed by atoms with Crippen molar-refractivity contribution >= 4 is 41.5 Å². The van der Waals surface area contributed by atoms with Gasteiger partial charge < -0.3 is 8.92 Å². The fourth-order valence-corrected chi connectivity index (χ4v) is 3.43. The number of ether oxygens (including phenoxy) is 1. The molecular weight excluding hydrogens is 442 g/mol. The van der Waals surface area contributed by atoms with Crippen LogP contribution in [0, 0.1) is 5.41 Å². The van der Waals surface area contributed by atoms with Gasteiger partial charge in [-0.15, -0.1) is 0 Å². The highest BCUT2D eigenvalue weighted by Crippen LogP contribution is 2.32. The summed E-state index contributed by atoms with van der Waals surface area (Å²) >= 11 is 1.24. The topological polar surface area (TPSA) is 109 Å². The molecule has 0 saturated carbocycles. The van der Waals surface area contributed by atoms with Gasteiger partial charge >= 0.3 is 6.09 Å². The Labute approximate surface area is 197 Å². The lowest BCUT2D eigenvalue weighted by Gasteiger charge is -2.22. The van der Waals surface area contributed by atoms with E-state index in [4.69, 9.17) is 14.3 Å². The van der Waals surface area contributed by atoms with Crippen molar-refractivity contribution in [1.82, 2.24) is 4.90 Å². The van der Waals surface area contributed by atoms with E-state index in [1.54, 1.807) is 51.1 Å². The Morgan fingerprint density at radius 3 is 2.06 bits per heavy atom. The lowest BCUT2D eigenvalue weighted by atomic mass is 10.1. The molecule has 0 saturated heterocycles. The maximum atomic E-state index is 12.8. The minimum Gasteiger partial charge on any atom is -0.444 e. The second-order valence-electron chi connectivity index (χ2n) is 9.45. The van der Waals surface area contributed by atoms with Gasteiger partial charge in [0.1, 0.15) is 17.2 Å². The summed E-state index contributed by atoms with van der Waals surface area (Å²) in [4.78, 5) is 39.0. The Balaban J connectivity index is 1.96. The average Bonchev–Trinajstić information content (AvgIpc) is 2.95. The standard InChI is InChI=1S/C24H27N3O5S/c1-23(2,3)31-22(30)26-18-13-14(32-33-24(4,5)6)11-12-17(18)19(25)27-20(28)15-9-7-8-10-16(15)21(27)29/h7-13,25H,1-6H3,(H,26,30). The van der Waals surface area contributed by atoms with E-state index in [9.17, 15) is 14.4 Å². The Hall–Kier alpha value is -3.33. The van der Waals surface area contributed by atoms with Crippen LogP contribution in [0.4, 0.5) is 10.5 Å². The molecule has 33 heavy (non-hydrogen) atoms. The summed E-state index contributed by atoms with van der Waals surface area (Å²) in [6.07, 6.45) is -0.737. The normalized spacial score (nSPS) is 13.6. The molecule has 0 bridgehead atoms. The number of amidine groups is 1. The highest BCUT2D eigenvalue weighted by Gasteiger charge is 2.39. The number of rotatable bonds is 4. The summed E-state index contributed by atoms with van der Waals surface area (Å²) in [6, 6.07) is 11.1. The first kappa shape index (κ1) is 24.3. The van der Waals surface area contributed by atoms with Crippen LogP contribution in [-0.2, 0) is 4.74 Å². The molecule has 1 heterocycles. The van der Waals surface area contributed by atoms with Gasteiger partial charge in [-0.1, -0.05) is 12.1 Å². The molecule has 174 valence electrons.